The van der Waals surface area contributed by atoms with Gasteiger partial charge in [0.05, 0.1) is 0 Å². The normalized spacial score (nSPS) is 18.1. The van der Waals surface area contributed by atoms with E-state index in [2.05, 4.69) is 0 Å². The van der Waals surface area contributed by atoms with E-state index < -0.39 is 11.1 Å². The first-order chi connectivity index (χ1) is 4.16. The Hall–Kier alpha value is -0.150. The van der Waals surface area contributed by atoms with E-state index in [9.17, 15) is 8.76 Å². The third-order valence-corrected chi connectivity index (χ3v) is 1.54. The molecule has 0 rings (SSSR count). The van der Waals surface area contributed by atoms with Crippen LogP contribution in [0.4, 0.5) is 0 Å². The second kappa shape index (κ2) is 4.70. The van der Waals surface area contributed by atoms with Crippen LogP contribution in [-0.2, 0) is 11.1 Å². The molecule has 0 amide bonds. The maximum Gasteiger partial charge on any atom is -0.0153 e. The van der Waals surface area contributed by atoms with Gasteiger partial charge in [0.1, 0.15) is 0 Å². The van der Waals surface area contributed by atoms with Gasteiger partial charge in [-0.2, -0.15) is 0 Å². The lowest BCUT2D eigenvalue weighted by Gasteiger charge is -2.00. The molecule has 0 spiro atoms. The third kappa shape index (κ3) is 5.73. The van der Waals surface area contributed by atoms with Crippen molar-refractivity contribution in [2.75, 3.05) is 0 Å². The van der Waals surface area contributed by atoms with Gasteiger partial charge in [-0.1, -0.05) is 26.3 Å². The first-order valence-corrected chi connectivity index (χ1v) is 4.07. The summed E-state index contributed by atoms with van der Waals surface area (Å²) in [6.45, 7) is 3.99. The van der Waals surface area contributed by atoms with Gasteiger partial charge >= 0.3 is 0 Å². The molecule has 3 heteroatoms. The molecule has 0 aliphatic rings. The largest absolute Gasteiger partial charge is 0.769 e. The Morgan fingerprint density at radius 2 is 2.33 bits per heavy atom. The number of hydrogen-bond donors (Lipinski definition) is 0. The van der Waals surface area contributed by atoms with E-state index in [1.807, 2.05) is 13.8 Å². The van der Waals surface area contributed by atoms with Crippen LogP contribution in [0.3, 0.4) is 0 Å². The summed E-state index contributed by atoms with van der Waals surface area (Å²) in [7, 11) is 0. The quantitative estimate of drug-likeness (QED) is 0.566. The molecule has 0 aromatic heterocycles. The maximum atomic E-state index is 9.93. The molecular formula is C6H11O2S-. The van der Waals surface area contributed by atoms with E-state index in [0.717, 1.165) is 6.42 Å². The predicted molar refractivity (Wildman–Crippen MR) is 37.5 cm³/mol. The van der Waals surface area contributed by atoms with Crippen molar-refractivity contribution in [2.24, 2.45) is 5.92 Å². The van der Waals surface area contributed by atoms with Crippen molar-refractivity contribution >= 4 is 11.1 Å². The van der Waals surface area contributed by atoms with Crippen molar-refractivity contribution in [1.82, 2.24) is 0 Å². The van der Waals surface area contributed by atoms with E-state index in [-0.39, 0.29) is 0 Å². The molecule has 2 nitrogen and oxygen atoms in total. The summed E-state index contributed by atoms with van der Waals surface area (Å²) in [6, 6.07) is 0. The summed E-state index contributed by atoms with van der Waals surface area (Å²) in [4.78, 5) is 0. The smallest absolute Gasteiger partial charge is 0.0153 e. The van der Waals surface area contributed by atoms with Crippen molar-refractivity contribution in [3.63, 3.8) is 0 Å². The highest BCUT2D eigenvalue weighted by Gasteiger charge is 1.88. The summed E-state index contributed by atoms with van der Waals surface area (Å²) in [5.74, 6) is 0.364. The van der Waals surface area contributed by atoms with Crippen molar-refractivity contribution in [3.05, 3.63) is 11.5 Å². The van der Waals surface area contributed by atoms with Crippen LogP contribution in [0, 0.1) is 5.92 Å². The first kappa shape index (κ1) is 8.85. The van der Waals surface area contributed by atoms with E-state index in [0.29, 0.717) is 5.92 Å². The van der Waals surface area contributed by atoms with Crippen LogP contribution in [0.5, 0.6) is 0 Å². The van der Waals surface area contributed by atoms with Crippen LogP contribution in [0.15, 0.2) is 11.5 Å². The Bertz CT molecular complexity index is 120. The molecule has 54 valence electrons. The minimum absolute atomic E-state index is 0.364. The van der Waals surface area contributed by atoms with Crippen molar-refractivity contribution in [3.8, 4) is 0 Å². The maximum absolute atomic E-state index is 9.93. The van der Waals surface area contributed by atoms with E-state index in [1.54, 1.807) is 6.08 Å². The van der Waals surface area contributed by atoms with E-state index in [4.69, 9.17) is 0 Å². The predicted octanol–water partition coefficient (Wildman–Crippen LogP) is 1.43. The highest BCUT2D eigenvalue weighted by atomic mass is 32.2. The molecule has 0 aliphatic carbocycles. The van der Waals surface area contributed by atoms with Gasteiger partial charge in [-0.25, -0.2) is 0 Å². The number of rotatable bonds is 3. The molecule has 2 unspecified atom stereocenters. The van der Waals surface area contributed by atoms with E-state index >= 15 is 0 Å². The van der Waals surface area contributed by atoms with Crippen LogP contribution in [-0.4, -0.2) is 8.76 Å². The molecule has 0 saturated heterocycles. The van der Waals surface area contributed by atoms with Gasteiger partial charge < -0.3 is 4.55 Å². The Morgan fingerprint density at radius 1 is 1.78 bits per heavy atom. The fraction of sp³-hybridized carbons (Fsp3) is 0.667. The first-order valence-electron chi connectivity index (χ1n) is 2.93. The lowest BCUT2D eigenvalue weighted by Crippen LogP contribution is -1.86. The lowest BCUT2D eigenvalue weighted by atomic mass is 10.1. The van der Waals surface area contributed by atoms with Crippen LogP contribution < -0.4 is 0 Å². The number of allylic oxidation sites excluding steroid dienone is 1. The zero-order chi connectivity index (χ0) is 7.28. The zero-order valence-electron chi connectivity index (χ0n) is 5.66. The van der Waals surface area contributed by atoms with Gasteiger partial charge in [0.2, 0.25) is 0 Å². The standard InChI is InChI=1S/C6H12O2S/c1-3-6(2)4-5-9(7)8/h4-6H,3H2,1-2H3,(H,7,8)/p-1. The average molecular weight is 147 g/mol. The zero-order valence-corrected chi connectivity index (χ0v) is 6.48. The minimum Gasteiger partial charge on any atom is -0.769 e. The fourth-order valence-electron chi connectivity index (χ4n) is 0.334. The molecule has 2 atom stereocenters. The topological polar surface area (TPSA) is 40.1 Å². The Morgan fingerprint density at radius 3 is 2.67 bits per heavy atom. The summed E-state index contributed by atoms with van der Waals surface area (Å²) in [5, 5.41) is 1.19. The summed E-state index contributed by atoms with van der Waals surface area (Å²) < 4.78 is 19.9. The van der Waals surface area contributed by atoms with Gasteiger partial charge in [0, 0.05) is 0 Å². The average Bonchev–Trinajstić information content (AvgIpc) is 1.83. The molecule has 0 saturated carbocycles. The Labute approximate surface area is 58.3 Å². The van der Waals surface area contributed by atoms with Gasteiger partial charge in [0.25, 0.3) is 0 Å². The summed E-state index contributed by atoms with van der Waals surface area (Å²) >= 11 is -2.02. The van der Waals surface area contributed by atoms with Crippen molar-refractivity contribution in [2.45, 2.75) is 20.3 Å². The molecule has 0 aromatic carbocycles. The SMILES string of the molecule is CCC(C)C=CS(=O)[O-]. The second-order valence-corrected chi connectivity index (χ2v) is 2.77. The monoisotopic (exact) mass is 147 g/mol. The molecule has 0 radical (unpaired) electrons. The Kier molecular flexibility index (Phi) is 4.62. The van der Waals surface area contributed by atoms with Crippen LogP contribution in [0.2, 0.25) is 0 Å². The van der Waals surface area contributed by atoms with E-state index in [1.165, 1.54) is 5.41 Å². The van der Waals surface area contributed by atoms with Crippen LogP contribution in [0.1, 0.15) is 20.3 Å². The molecule has 0 aromatic rings. The Balaban J connectivity index is 3.56. The van der Waals surface area contributed by atoms with Crippen LogP contribution in [0.25, 0.3) is 0 Å². The molecule has 9 heavy (non-hydrogen) atoms. The van der Waals surface area contributed by atoms with Gasteiger partial charge in [-0.05, 0) is 22.4 Å². The molecule has 0 aliphatic heterocycles. The number of hydrogen-bond acceptors (Lipinski definition) is 2. The third-order valence-electron chi connectivity index (χ3n) is 1.16. The summed E-state index contributed by atoms with van der Waals surface area (Å²) in [5.41, 5.74) is 0. The van der Waals surface area contributed by atoms with Gasteiger partial charge in [0.15, 0.2) is 0 Å². The van der Waals surface area contributed by atoms with Crippen LogP contribution >= 0.6 is 0 Å². The second-order valence-electron chi connectivity index (χ2n) is 1.97. The lowest BCUT2D eigenvalue weighted by molar-refractivity contribution is 0.546. The highest BCUT2D eigenvalue weighted by Crippen LogP contribution is 2.01. The van der Waals surface area contributed by atoms with Gasteiger partial charge in [-0.15, -0.1) is 0 Å². The fourth-order valence-corrected chi connectivity index (χ4v) is 0.731. The van der Waals surface area contributed by atoms with Gasteiger partial charge in [-0.3, -0.25) is 4.21 Å². The van der Waals surface area contributed by atoms with Crippen molar-refractivity contribution < 1.29 is 8.76 Å². The molecule has 0 fully saturated rings. The minimum atomic E-state index is -2.02. The highest BCUT2D eigenvalue weighted by molar-refractivity contribution is 7.82. The molecule has 0 N–H and O–H groups in total. The molecular weight excluding hydrogens is 136 g/mol. The molecule has 0 bridgehead atoms. The van der Waals surface area contributed by atoms with Crippen molar-refractivity contribution in [1.29, 1.82) is 0 Å². The summed E-state index contributed by atoms with van der Waals surface area (Å²) in [6.07, 6.45) is 2.66. The molecule has 0 heterocycles.